The Balaban J connectivity index is 1.62. The lowest BCUT2D eigenvalue weighted by Gasteiger charge is -2.28. The van der Waals surface area contributed by atoms with Crippen LogP contribution >= 0.6 is 0 Å². The van der Waals surface area contributed by atoms with E-state index in [0.29, 0.717) is 34.8 Å². The molecule has 0 fully saturated rings. The van der Waals surface area contributed by atoms with Gasteiger partial charge in [-0.05, 0) is 63.8 Å². The maximum Gasteiger partial charge on any atom is 0.240 e. The number of aryl methyl sites for hydroxylation is 1. The van der Waals surface area contributed by atoms with E-state index >= 15 is 0 Å². The van der Waals surface area contributed by atoms with Crippen molar-refractivity contribution in [3.05, 3.63) is 88.2 Å². The first-order valence-electron chi connectivity index (χ1n) is 13.0. The van der Waals surface area contributed by atoms with E-state index in [-0.39, 0.29) is 35.6 Å². The monoisotopic (exact) mass is 534 g/mol. The highest BCUT2D eigenvalue weighted by molar-refractivity contribution is 5.83. The van der Waals surface area contributed by atoms with Gasteiger partial charge >= 0.3 is 0 Å². The van der Waals surface area contributed by atoms with Gasteiger partial charge in [0.1, 0.15) is 18.2 Å². The molecule has 0 aliphatic heterocycles. The molecule has 3 aromatic carbocycles. The van der Waals surface area contributed by atoms with Crippen molar-refractivity contribution >= 4 is 12.1 Å². The summed E-state index contributed by atoms with van der Waals surface area (Å²) in [4.78, 5) is 12.5. The third-order valence-corrected chi connectivity index (χ3v) is 6.36. The highest BCUT2D eigenvalue weighted by atomic mass is 19.1. The molecule has 0 bridgehead atoms. The minimum Gasteiger partial charge on any atom is -0.507 e. The number of carbonyl (C=O) groups excluding carboxylic acids is 1. The summed E-state index contributed by atoms with van der Waals surface area (Å²) >= 11 is 0. The molecule has 0 heterocycles. The van der Waals surface area contributed by atoms with Gasteiger partial charge in [0, 0.05) is 12.0 Å². The molecule has 2 N–H and O–H groups in total. The third kappa shape index (κ3) is 8.06. The Bertz CT molecular complexity index is 1300. The zero-order valence-electron chi connectivity index (χ0n) is 23.9. The van der Waals surface area contributed by atoms with Crippen molar-refractivity contribution in [1.82, 2.24) is 5.43 Å². The Kier molecular flexibility index (Phi) is 9.38. The quantitative estimate of drug-likeness (QED) is 0.234. The molecule has 0 aliphatic carbocycles. The number of methoxy groups -OCH3 is 1. The van der Waals surface area contributed by atoms with Gasteiger partial charge in [0.25, 0.3) is 0 Å². The Hall–Kier alpha value is -3.87. The van der Waals surface area contributed by atoms with E-state index in [0.717, 1.165) is 16.7 Å². The molecule has 3 aromatic rings. The molecule has 0 unspecified atom stereocenters. The normalized spacial score (nSPS) is 12.0. The van der Waals surface area contributed by atoms with Gasteiger partial charge < -0.3 is 14.6 Å². The molecule has 6 nitrogen and oxygen atoms in total. The van der Waals surface area contributed by atoms with E-state index in [1.54, 1.807) is 36.4 Å². The predicted octanol–water partition coefficient (Wildman–Crippen LogP) is 6.80. The first-order valence-corrected chi connectivity index (χ1v) is 13.0. The maximum absolute atomic E-state index is 13.9. The number of benzene rings is 3. The summed E-state index contributed by atoms with van der Waals surface area (Å²) in [6.07, 6.45) is 2.30. The Morgan fingerprint density at radius 3 is 2.21 bits per heavy atom. The molecule has 0 atom stereocenters. The van der Waals surface area contributed by atoms with E-state index < -0.39 is 0 Å². The highest BCUT2D eigenvalue weighted by Gasteiger charge is 2.26. The number of halogens is 1. The van der Waals surface area contributed by atoms with Crippen molar-refractivity contribution in [2.75, 3.05) is 7.11 Å². The van der Waals surface area contributed by atoms with E-state index in [9.17, 15) is 14.3 Å². The minimum absolute atomic E-state index is 0.0715. The Labute approximate surface area is 230 Å². The molecular weight excluding hydrogens is 495 g/mol. The van der Waals surface area contributed by atoms with Gasteiger partial charge in [-0.1, -0.05) is 71.9 Å². The average Bonchev–Trinajstić information content (AvgIpc) is 2.86. The molecule has 39 heavy (non-hydrogen) atoms. The molecular formula is C32H39FN2O4. The molecule has 7 heteroatoms. The summed E-state index contributed by atoms with van der Waals surface area (Å²) < 4.78 is 25.0. The number of rotatable bonds is 9. The smallest absolute Gasteiger partial charge is 0.240 e. The molecule has 0 saturated carbocycles. The molecule has 1 amide bonds. The number of carbonyl (C=O) groups is 1. The van der Waals surface area contributed by atoms with E-state index in [1.165, 1.54) is 19.4 Å². The summed E-state index contributed by atoms with van der Waals surface area (Å²) in [5.74, 6) is 0.724. The molecule has 0 spiro atoms. The summed E-state index contributed by atoms with van der Waals surface area (Å²) in [5.41, 5.74) is 6.01. The fourth-order valence-corrected chi connectivity index (χ4v) is 4.13. The number of nitrogens with zero attached hydrogens (tertiary/aromatic N) is 1. The van der Waals surface area contributed by atoms with Crippen molar-refractivity contribution in [1.29, 1.82) is 0 Å². The summed E-state index contributed by atoms with van der Waals surface area (Å²) in [7, 11) is 1.52. The van der Waals surface area contributed by atoms with Crippen molar-refractivity contribution in [3.8, 4) is 17.2 Å². The van der Waals surface area contributed by atoms with Crippen LogP contribution in [0, 0.1) is 5.82 Å². The predicted molar refractivity (Wildman–Crippen MR) is 153 cm³/mol. The molecule has 0 aromatic heterocycles. The van der Waals surface area contributed by atoms with Gasteiger partial charge in [-0.25, -0.2) is 9.82 Å². The maximum atomic E-state index is 13.9. The zero-order valence-corrected chi connectivity index (χ0v) is 23.9. The number of phenolic OH excluding ortho intramolecular Hbond substituents is 1. The minimum atomic E-state index is -0.328. The van der Waals surface area contributed by atoms with Crippen molar-refractivity contribution in [2.45, 2.75) is 71.8 Å². The first kappa shape index (κ1) is 29.7. The zero-order chi connectivity index (χ0) is 28.8. The van der Waals surface area contributed by atoms with Crippen LogP contribution in [0.15, 0.2) is 59.7 Å². The van der Waals surface area contributed by atoms with Crippen LogP contribution in [0.5, 0.6) is 17.2 Å². The fourth-order valence-electron chi connectivity index (χ4n) is 4.13. The van der Waals surface area contributed by atoms with E-state index in [2.05, 4.69) is 52.1 Å². The van der Waals surface area contributed by atoms with Crippen LogP contribution < -0.4 is 14.9 Å². The number of amides is 1. The molecule has 0 radical (unpaired) electrons. The lowest BCUT2D eigenvalue weighted by Crippen LogP contribution is -2.20. The van der Waals surface area contributed by atoms with Gasteiger partial charge in [0.15, 0.2) is 11.5 Å². The van der Waals surface area contributed by atoms with Crippen LogP contribution in [0.1, 0.15) is 75.8 Å². The molecule has 0 aliphatic rings. The number of hydrogen-bond acceptors (Lipinski definition) is 5. The number of hydrogen-bond donors (Lipinski definition) is 2. The van der Waals surface area contributed by atoms with E-state index in [4.69, 9.17) is 9.47 Å². The van der Waals surface area contributed by atoms with Crippen molar-refractivity contribution in [2.24, 2.45) is 5.10 Å². The summed E-state index contributed by atoms with van der Waals surface area (Å²) in [5, 5.41) is 15.0. The Morgan fingerprint density at radius 1 is 0.974 bits per heavy atom. The SMILES string of the molecule is COc1cc(/C=N\NC(=O)CCc2cc(C(C)(C)C)c(O)c(C(C)(C)C)c2)ccc1OCc1ccccc1F. The third-order valence-electron chi connectivity index (χ3n) is 6.36. The number of nitrogens with one attached hydrogen (secondary N) is 1. The molecule has 208 valence electrons. The van der Waals surface area contributed by atoms with E-state index in [1.807, 2.05) is 12.1 Å². The lowest BCUT2D eigenvalue weighted by molar-refractivity contribution is -0.121. The van der Waals surface area contributed by atoms with Gasteiger partial charge in [-0.3, -0.25) is 4.79 Å². The Morgan fingerprint density at radius 2 is 1.62 bits per heavy atom. The van der Waals surface area contributed by atoms with Crippen LogP contribution in [0.25, 0.3) is 0 Å². The van der Waals surface area contributed by atoms with Crippen molar-refractivity contribution < 1.29 is 23.8 Å². The van der Waals surface area contributed by atoms with Gasteiger partial charge in [0.2, 0.25) is 5.91 Å². The number of hydrazone groups is 1. The molecule has 0 saturated heterocycles. The number of aromatic hydroxyl groups is 1. The fraction of sp³-hybridized carbons (Fsp3) is 0.375. The van der Waals surface area contributed by atoms with Gasteiger partial charge in [-0.2, -0.15) is 5.10 Å². The summed E-state index contributed by atoms with van der Waals surface area (Å²) in [6, 6.07) is 15.6. The van der Waals surface area contributed by atoms with Gasteiger partial charge in [-0.15, -0.1) is 0 Å². The second-order valence-electron chi connectivity index (χ2n) is 11.6. The number of ether oxygens (including phenoxy) is 2. The van der Waals surface area contributed by atoms with Gasteiger partial charge in [0.05, 0.1) is 13.3 Å². The van der Waals surface area contributed by atoms with Crippen LogP contribution in [0.2, 0.25) is 0 Å². The van der Waals surface area contributed by atoms with Crippen LogP contribution in [-0.4, -0.2) is 24.3 Å². The second-order valence-corrected chi connectivity index (χ2v) is 11.6. The lowest BCUT2D eigenvalue weighted by atomic mass is 9.78. The van der Waals surface area contributed by atoms with Crippen LogP contribution in [0.4, 0.5) is 4.39 Å². The largest absolute Gasteiger partial charge is 0.507 e. The summed E-state index contributed by atoms with van der Waals surface area (Å²) in [6.45, 7) is 12.5. The average molecular weight is 535 g/mol. The number of phenols is 1. The molecule has 3 rings (SSSR count). The topological polar surface area (TPSA) is 80.2 Å². The van der Waals surface area contributed by atoms with Crippen LogP contribution in [-0.2, 0) is 28.7 Å². The second kappa shape index (κ2) is 12.3. The highest BCUT2D eigenvalue weighted by Crippen LogP contribution is 2.40. The first-order chi connectivity index (χ1) is 18.3. The van der Waals surface area contributed by atoms with Crippen LogP contribution in [0.3, 0.4) is 0 Å². The standard InChI is InChI=1S/C32H39FN2O4/c1-31(2,3)24-16-21(17-25(30(24)37)32(4,5)6)13-15-29(36)35-34-19-22-12-14-27(28(18-22)38-7)39-20-23-10-8-9-11-26(23)33/h8-12,14,16-19,37H,13,15,20H2,1-7H3,(H,35,36)/b34-19-. The van der Waals surface area contributed by atoms with Crippen molar-refractivity contribution in [3.63, 3.8) is 0 Å².